The summed E-state index contributed by atoms with van der Waals surface area (Å²) < 4.78 is 5.67. The van der Waals surface area contributed by atoms with Crippen molar-refractivity contribution in [1.82, 2.24) is 9.88 Å². The number of nitrogens with one attached hydrogen (secondary N) is 1. The lowest BCUT2D eigenvalue weighted by molar-refractivity contribution is 0.0620. The van der Waals surface area contributed by atoms with E-state index in [0.717, 1.165) is 41.4 Å². The van der Waals surface area contributed by atoms with Crippen LogP contribution >= 0.6 is 11.6 Å². The number of phenolic OH excluding ortho intramolecular Hbond substituents is 1. The summed E-state index contributed by atoms with van der Waals surface area (Å²) in [5.41, 5.74) is 4.11. The van der Waals surface area contributed by atoms with Gasteiger partial charge in [0, 0.05) is 28.2 Å². The van der Waals surface area contributed by atoms with E-state index in [1.165, 1.54) is 12.0 Å². The lowest BCUT2D eigenvalue weighted by Gasteiger charge is -2.36. The van der Waals surface area contributed by atoms with Crippen molar-refractivity contribution in [1.29, 1.82) is 0 Å². The zero-order chi connectivity index (χ0) is 20.0. The first-order valence-electron chi connectivity index (χ1n) is 10.1. The maximum Gasteiger partial charge on any atom is 0.410 e. The van der Waals surface area contributed by atoms with Crippen LogP contribution in [0.4, 0.5) is 4.79 Å². The van der Waals surface area contributed by atoms with E-state index in [1.54, 1.807) is 17.0 Å². The van der Waals surface area contributed by atoms with Crippen molar-refractivity contribution in [3.63, 3.8) is 0 Å². The van der Waals surface area contributed by atoms with Crippen molar-refractivity contribution in [2.45, 2.75) is 31.7 Å². The van der Waals surface area contributed by atoms with Gasteiger partial charge in [0.05, 0.1) is 6.61 Å². The number of benzene rings is 2. The molecule has 6 heteroatoms. The Labute approximate surface area is 174 Å². The number of ether oxygens (including phenoxy) is 1. The highest BCUT2D eigenvalue weighted by atomic mass is 35.5. The van der Waals surface area contributed by atoms with Crippen LogP contribution in [-0.2, 0) is 11.2 Å². The van der Waals surface area contributed by atoms with Crippen molar-refractivity contribution in [2.24, 2.45) is 5.92 Å². The molecule has 150 valence electrons. The first-order chi connectivity index (χ1) is 14.1. The highest BCUT2D eigenvalue weighted by Gasteiger charge is 2.36. The molecular weight excluding hydrogens is 388 g/mol. The van der Waals surface area contributed by atoms with Crippen molar-refractivity contribution < 1.29 is 14.6 Å². The number of carbonyl (C=O) groups is 1. The molecule has 1 atom stereocenters. The smallest absolute Gasteiger partial charge is 0.410 e. The highest BCUT2D eigenvalue weighted by molar-refractivity contribution is 6.31. The number of fused-ring (bicyclic) bond motifs is 3. The van der Waals surface area contributed by atoms with Gasteiger partial charge in [-0.15, -0.1) is 0 Å². The minimum absolute atomic E-state index is 0.201. The molecule has 1 aliphatic heterocycles. The normalized spacial score (nSPS) is 19.1. The van der Waals surface area contributed by atoms with E-state index >= 15 is 0 Å². The Morgan fingerprint density at radius 1 is 1.21 bits per heavy atom. The number of hydrogen-bond acceptors (Lipinski definition) is 3. The first kappa shape index (κ1) is 18.4. The average Bonchev–Trinajstić information content (AvgIpc) is 3.04. The van der Waals surface area contributed by atoms with Gasteiger partial charge in [0.2, 0.25) is 0 Å². The van der Waals surface area contributed by atoms with E-state index in [4.69, 9.17) is 16.3 Å². The van der Waals surface area contributed by atoms with E-state index in [2.05, 4.69) is 4.98 Å². The van der Waals surface area contributed by atoms with Crippen LogP contribution in [0.15, 0.2) is 42.5 Å². The molecule has 2 aromatic carbocycles. The van der Waals surface area contributed by atoms with Crippen molar-refractivity contribution in [3.8, 4) is 5.75 Å². The molecular formula is C23H23ClN2O3. The van der Waals surface area contributed by atoms with Gasteiger partial charge in [-0.25, -0.2) is 4.79 Å². The molecule has 0 bridgehead atoms. The lowest BCUT2D eigenvalue weighted by atomic mass is 9.86. The van der Waals surface area contributed by atoms with Gasteiger partial charge in [-0.3, -0.25) is 4.90 Å². The van der Waals surface area contributed by atoms with E-state index in [1.807, 2.05) is 30.3 Å². The number of hydrogen-bond donors (Lipinski definition) is 2. The molecule has 29 heavy (non-hydrogen) atoms. The second kappa shape index (κ2) is 7.30. The highest BCUT2D eigenvalue weighted by Crippen LogP contribution is 2.40. The van der Waals surface area contributed by atoms with Gasteiger partial charge in [-0.1, -0.05) is 30.2 Å². The number of halogens is 1. The number of phenols is 1. The minimum Gasteiger partial charge on any atom is -0.508 e. The summed E-state index contributed by atoms with van der Waals surface area (Å²) >= 11 is 6.23. The van der Waals surface area contributed by atoms with Gasteiger partial charge in [-0.2, -0.15) is 0 Å². The molecule has 2 N–H and O–H groups in total. The molecule has 5 rings (SSSR count). The van der Waals surface area contributed by atoms with E-state index in [-0.39, 0.29) is 17.9 Å². The lowest BCUT2D eigenvalue weighted by Crippen LogP contribution is -2.41. The average molecular weight is 411 g/mol. The second-order valence-electron chi connectivity index (χ2n) is 8.02. The Kier molecular flexibility index (Phi) is 4.63. The first-order valence-corrected chi connectivity index (χ1v) is 10.5. The number of H-pyrrole nitrogens is 1. The van der Waals surface area contributed by atoms with Crippen LogP contribution in [-0.4, -0.2) is 34.2 Å². The standard InChI is InChI=1S/C23H23ClN2O3/c24-16-6-9-20-19(12-16)18-10-11-26(23(28)29-13-14-2-1-3-14)22(21(18)25-20)15-4-7-17(27)8-5-15/h4-9,12,14,22,25,27H,1-3,10-11,13H2. The zero-order valence-electron chi connectivity index (χ0n) is 16.0. The van der Waals surface area contributed by atoms with Gasteiger partial charge >= 0.3 is 6.09 Å². The van der Waals surface area contributed by atoms with E-state index in [0.29, 0.717) is 24.1 Å². The number of nitrogens with zero attached hydrogens (tertiary/aromatic N) is 1. The molecule has 0 radical (unpaired) electrons. The Bertz CT molecular complexity index is 1060. The van der Waals surface area contributed by atoms with Gasteiger partial charge in [0.25, 0.3) is 0 Å². The second-order valence-corrected chi connectivity index (χ2v) is 8.45. The SMILES string of the molecule is O=C(OCC1CCC1)N1CCc2c([nH]c3ccc(Cl)cc23)C1c1ccc(O)cc1. The van der Waals surface area contributed by atoms with E-state index < -0.39 is 0 Å². The van der Waals surface area contributed by atoms with Crippen LogP contribution in [0.5, 0.6) is 5.75 Å². The summed E-state index contributed by atoms with van der Waals surface area (Å²) in [6.07, 6.45) is 3.96. The molecule has 3 aromatic rings. The van der Waals surface area contributed by atoms with Gasteiger partial charge in [-0.05, 0) is 66.6 Å². The molecule has 0 spiro atoms. The Hall–Kier alpha value is -2.66. The van der Waals surface area contributed by atoms with Gasteiger partial charge < -0.3 is 14.8 Å². The molecule has 1 amide bonds. The number of aromatic hydroxyl groups is 1. The number of rotatable bonds is 3. The zero-order valence-corrected chi connectivity index (χ0v) is 16.8. The topological polar surface area (TPSA) is 65.6 Å². The third-order valence-corrected chi connectivity index (χ3v) is 6.43. The number of aromatic amines is 1. The fraction of sp³-hybridized carbons (Fsp3) is 0.348. The Balaban J connectivity index is 1.54. The minimum atomic E-state index is -0.292. The van der Waals surface area contributed by atoms with E-state index in [9.17, 15) is 9.90 Å². The van der Waals surface area contributed by atoms with Crippen molar-refractivity contribution in [3.05, 3.63) is 64.3 Å². The summed E-state index contributed by atoms with van der Waals surface area (Å²) in [5.74, 6) is 0.703. The third-order valence-electron chi connectivity index (χ3n) is 6.20. The molecule has 1 unspecified atom stereocenters. The van der Waals surface area contributed by atoms with Gasteiger partial charge in [0.15, 0.2) is 0 Å². The molecule has 0 saturated heterocycles. The maximum atomic E-state index is 13.0. The predicted molar refractivity (Wildman–Crippen MR) is 112 cm³/mol. The quantitative estimate of drug-likeness (QED) is 0.606. The summed E-state index contributed by atoms with van der Waals surface area (Å²) in [4.78, 5) is 18.3. The van der Waals surface area contributed by atoms with Crippen molar-refractivity contribution in [2.75, 3.05) is 13.2 Å². The Morgan fingerprint density at radius 3 is 2.72 bits per heavy atom. The van der Waals surface area contributed by atoms with Crippen molar-refractivity contribution >= 4 is 28.6 Å². The fourth-order valence-corrected chi connectivity index (χ4v) is 4.56. The molecule has 5 nitrogen and oxygen atoms in total. The third kappa shape index (κ3) is 3.33. The van der Waals surface area contributed by atoms with Crippen LogP contribution < -0.4 is 0 Å². The maximum absolute atomic E-state index is 13.0. The summed E-state index contributed by atoms with van der Waals surface area (Å²) in [7, 11) is 0. The number of amides is 1. The summed E-state index contributed by atoms with van der Waals surface area (Å²) in [6.45, 7) is 1.06. The van der Waals surface area contributed by atoms with Crippen LogP contribution in [0.2, 0.25) is 5.02 Å². The number of carbonyl (C=O) groups excluding carboxylic acids is 1. The molecule has 1 saturated carbocycles. The Morgan fingerprint density at radius 2 is 2.00 bits per heavy atom. The fourth-order valence-electron chi connectivity index (χ4n) is 4.39. The largest absolute Gasteiger partial charge is 0.508 e. The molecule has 2 heterocycles. The van der Waals surface area contributed by atoms with Crippen LogP contribution in [0.1, 0.15) is 42.1 Å². The van der Waals surface area contributed by atoms with Gasteiger partial charge in [0.1, 0.15) is 11.8 Å². The van der Waals surface area contributed by atoms with Crippen LogP contribution in [0.25, 0.3) is 10.9 Å². The van der Waals surface area contributed by atoms with Crippen LogP contribution in [0.3, 0.4) is 0 Å². The molecule has 1 aliphatic carbocycles. The molecule has 1 aromatic heterocycles. The predicted octanol–water partition coefficient (Wildman–Crippen LogP) is 5.41. The molecule has 2 aliphatic rings. The van der Waals surface area contributed by atoms with Crippen LogP contribution in [0, 0.1) is 5.92 Å². The molecule has 1 fully saturated rings. The number of aromatic nitrogens is 1. The summed E-state index contributed by atoms with van der Waals surface area (Å²) in [6, 6.07) is 12.6. The summed E-state index contributed by atoms with van der Waals surface area (Å²) in [5, 5.41) is 11.5. The monoisotopic (exact) mass is 410 g/mol.